The zero-order chi connectivity index (χ0) is 11.3. The van der Waals surface area contributed by atoms with Gasteiger partial charge in [-0.3, -0.25) is 4.79 Å². The molecule has 0 heterocycles. The van der Waals surface area contributed by atoms with Crippen molar-refractivity contribution in [3.63, 3.8) is 0 Å². The summed E-state index contributed by atoms with van der Waals surface area (Å²) in [6.45, 7) is 0. The highest BCUT2D eigenvalue weighted by atomic mass is 127. The summed E-state index contributed by atoms with van der Waals surface area (Å²) >= 11 is 2.23. The van der Waals surface area contributed by atoms with E-state index in [9.17, 15) is 9.90 Å². The lowest BCUT2D eigenvalue weighted by Gasteiger charge is -2.07. The van der Waals surface area contributed by atoms with Crippen LogP contribution in [0.3, 0.4) is 0 Å². The Morgan fingerprint density at radius 2 is 1.93 bits per heavy atom. The molecule has 3 nitrogen and oxygen atoms in total. The van der Waals surface area contributed by atoms with E-state index in [4.69, 9.17) is 5.11 Å². The third-order valence-corrected chi connectivity index (χ3v) is 2.81. The second-order valence-corrected chi connectivity index (χ2v) is 4.66. The maximum Gasteiger partial charge on any atom is 0.305 e. The highest BCUT2D eigenvalue weighted by Gasteiger charge is 2.09. The summed E-state index contributed by atoms with van der Waals surface area (Å²) < 4.78 is 1.17. The summed E-state index contributed by atoms with van der Waals surface area (Å²) in [4.78, 5) is 10.3. The van der Waals surface area contributed by atoms with Crippen LogP contribution < -0.4 is 0 Å². The molecule has 82 valence electrons. The first-order valence-corrected chi connectivity index (χ1v) is 5.80. The number of aliphatic hydroxyl groups excluding tert-OH is 1. The van der Waals surface area contributed by atoms with Gasteiger partial charge in [-0.15, -0.1) is 0 Å². The zero-order valence-corrected chi connectivity index (χ0v) is 10.3. The summed E-state index contributed by atoms with van der Waals surface area (Å²) in [6.07, 6.45) is 0.282. The fourth-order valence-electron chi connectivity index (χ4n) is 1.29. The number of halogens is 1. The number of benzene rings is 1. The van der Waals surface area contributed by atoms with E-state index < -0.39 is 12.1 Å². The molecule has 2 N–H and O–H groups in total. The van der Waals surface area contributed by atoms with Crippen molar-refractivity contribution in [2.24, 2.45) is 0 Å². The molecule has 0 aliphatic carbocycles. The average molecular weight is 320 g/mol. The normalized spacial score (nSPS) is 12.4. The molecule has 0 bridgehead atoms. The quantitative estimate of drug-likeness (QED) is 0.817. The monoisotopic (exact) mass is 320 g/mol. The predicted molar refractivity (Wildman–Crippen MR) is 65.7 cm³/mol. The maximum atomic E-state index is 10.3. The Morgan fingerprint density at radius 3 is 2.47 bits per heavy atom. The number of carboxylic acid groups (broad SMARTS) is 1. The summed E-state index contributed by atoms with van der Waals surface area (Å²) in [5.74, 6) is -0.954. The molecule has 0 spiro atoms. The van der Waals surface area contributed by atoms with Crippen LogP contribution in [0.25, 0.3) is 0 Å². The molecule has 1 unspecified atom stereocenters. The first-order valence-electron chi connectivity index (χ1n) is 4.72. The van der Waals surface area contributed by atoms with Crippen molar-refractivity contribution in [3.8, 4) is 0 Å². The lowest BCUT2D eigenvalue weighted by molar-refractivity contribution is -0.139. The molecule has 0 amide bonds. The Bertz CT molecular complexity index is 321. The van der Waals surface area contributed by atoms with E-state index in [0.29, 0.717) is 12.8 Å². The average Bonchev–Trinajstić information content (AvgIpc) is 2.16. The molecule has 1 atom stereocenters. The number of rotatable bonds is 5. The number of carboxylic acids is 1. The molecule has 0 aromatic heterocycles. The first kappa shape index (κ1) is 12.4. The lowest BCUT2D eigenvalue weighted by Crippen LogP contribution is -2.13. The molecule has 1 rings (SSSR count). The SMILES string of the molecule is O=C(O)CC(O)CCc1ccc(I)cc1. The minimum Gasteiger partial charge on any atom is -0.481 e. The molecular weight excluding hydrogens is 307 g/mol. The number of hydrogen-bond donors (Lipinski definition) is 2. The summed E-state index contributed by atoms with van der Waals surface area (Å²) in [5.41, 5.74) is 1.12. The Morgan fingerprint density at radius 1 is 1.33 bits per heavy atom. The largest absolute Gasteiger partial charge is 0.481 e. The van der Waals surface area contributed by atoms with Gasteiger partial charge in [-0.2, -0.15) is 0 Å². The van der Waals surface area contributed by atoms with Crippen LogP contribution in [0.5, 0.6) is 0 Å². The van der Waals surface area contributed by atoms with Crippen molar-refractivity contribution in [1.82, 2.24) is 0 Å². The van der Waals surface area contributed by atoms with E-state index >= 15 is 0 Å². The standard InChI is InChI=1S/C11H13IO3/c12-9-4-1-8(2-5-9)3-6-10(13)7-11(14)15/h1-2,4-5,10,13H,3,6-7H2,(H,14,15). The van der Waals surface area contributed by atoms with Crippen molar-refractivity contribution in [2.45, 2.75) is 25.4 Å². The second-order valence-electron chi connectivity index (χ2n) is 3.42. The highest BCUT2D eigenvalue weighted by molar-refractivity contribution is 14.1. The van der Waals surface area contributed by atoms with Crippen molar-refractivity contribution in [3.05, 3.63) is 33.4 Å². The second kappa shape index (κ2) is 6.07. The minimum atomic E-state index is -0.954. The van der Waals surface area contributed by atoms with Gasteiger partial charge < -0.3 is 10.2 Å². The van der Waals surface area contributed by atoms with Crippen LogP contribution in [0.2, 0.25) is 0 Å². The molecule has 4 heteroatoms. The van der Waals surface area contributed by atoms with Gasteiger partial charge in [-0.1, -0.05) is 12.1 Å². The summed E-state index contributed by atoms with van der Waals surface area (Å²) in [5, 5.41) is 17.8. The molecule has 1 aromatic rings. The van der Waals surface area contributed by atoms with Gasteiger partial charge in [-0.05, 0) is 53.1 Å². The predicted octanol–water partition coefficient (Wildman–Crippen LogP) is 2.06. The van der Waals surface area contributed by atoms with Crippen molar-refractivity contribution >= 4 is 28.6 Å². The molecule has 0 fully saturated rings. The van der Waals surface area contributed by atoms with Gasteiger partial charge in [0.15, 0.2) is 0 Å². The van der Waals surface area contributed by atoms with Crippen LogP contribution >= 0.6 is 22.6 Å². The van der Waals surface area contributed by atoms with Gasteiger partial charge in [0.1, 0.15) is 0 Å². The van der Waals surface area contributed by atoms with Gasteiger partial charge >= 0.3 is 5.97 Å². The Balaban J connectivity index is 2.36. The Kier molecular flexibility index (Phi) is 5.04. The lowest BCUT2D eigenvalue weighted by atomic mass is 10.1. The number of aliphatic hydroxyl groups is 1. The van der Waals surface area contributed by atoms with Gasteiger partial charge in [0.05, 0.1) is 12.5 Å². The zero-order valence-electron chi connectivity index (χ0n) is 8.19. The van der Waals surface area contributed by atoms with E-state index in [1.807, 2.05) is 24.3 Å². The van der Waals surface area contributed by atoms with Gasteiger partial charge in [0, 0.05) is 3.57 Å². The smallest absolute Gasteiger partial charge is 0.305 e. The number of hydrogen-bond acceptors (Lipinski definition) is 2. The summed E-state index contributed by atoms with van der Waals surface area (Å²) in [6, 6.07) is 7.99. The number of carbonyl (C=O) groups is 1. The third-order valence-electron chi connectivity index (χ3n) is 2.09. The van der Waals surface area contributed by atoms with Gasteiger partial charge in [0.2, 0.25) is 0 Å². The fraction of sp³-hybridized carbons (Fsp3) is 0.364. The topological polar surface area (TPSA) is 57.5 Å². The molecule has 0 aliphatic heterocycles. The van der Waals surface area contributed by atoms with Crippen LogP contribution in [0.4, 0.5) is 0 Å². The Hall–Kier alpha value is -0.620. The van der Waals surface area contributed by atoms with E-state index in [1.165, 1.54) is 3.57 Å². The third kappa shape index (κ3) is 5.13. The van der Waals surface area contributed by atoms with Crippen molar-refractivity contribution in [1.29, 1.82) is 0 Å². The molecular formula is C11H13IO3. The molecule has 0 saturated heterocycles. The van der Waals surface area contributed by atoms with Crippen LogP contribution in [0.1, 0.15) is 18.4 Å². The van der Waals surface area contributed by atoms with E-state index in [-0.39, 0.29) is 6.42 Å². The highest BCUT2D eigenvalue weighted by Crippen LogP contribution is 2.10. The van der Waals surface area contributed by atoms with Gasteiger partial charge in [0.25, 0.3) is 0 Å². The van der Waals surface area contributed by atoms with E-state index in [1.54, 1.807) is 0 Å². The van der Waals surface area contributed by atoms with Crippen LogP contribution in [0, 0.1) is 3.57 Å². The fourth-order valence-corrected chi connectivity index (χ4v) is 1.65. The molecule has 0 radical (unpaired) electrons. The van der Waals surface area contributed by atoms with Crippen LogP contribution in [-0.2, 0) is 11.2 Å². The number of aliphatic carboxylic acids is 1. The maximum absolute atomic E-state index is 10.3. The van der Waals surface area contributed by atoms with Gasteiger partial charge in [-0.25, -0.2) is 0 Å². The van der Waals surface area contributed by atoms with Crippen molar-refractivity contribution in [2.75, 3.05) is 0 Å². The van der Waals surface area contributed by atoms with Crippen LogP contribution in [0.15, 0.2) is 24.3 Å². The molecule has 0 saturated carbocycles. The Labute approximate surface area is 102 Å². The van der Waals surface area contributed by atoms with E-state index in [0.717, 1.165) is 5.56 Å². The molecule has 0 aliphatic rings. The van der Waals surface area contributed by atoms with Crippen molar-refractivity contribution < 1.29 is 15.0 Å². The van der Waals surface area contributed by atoms with Crippen LogP contribution in [-0.4, -0.2) is 22.3 Å². The first-order chi connectivity index (χ1) is 7.08. The molecule has 15 heavy (non-hydrogen) atoms. The minimum absolute atomic E-state index is 0.176. The number of aryl methyl sites for hydroxylation is 1. The van der Waals surface area contributed by atoms with E-state index in [2.05, 4.69) is 22.6 Å². The molecule has 1 aromatic carbocycles. The summed E-state index contributed by atoms with van der Waals surface area (Å²) in [7, 11) is 0.